The summed E-state index contributed by atoms with van der Waals surface area (Å²) < 4.78 is 4.99. The van der Waals surface area contributed by atoms with Crippen LogP contribution in [0.15, 0.2) is 0 Å². The Morgan fingerprint density at radius 2 is 2.15 bits per heavy atom. The molecular formula is C10H17NO2. The van der Waals surface area contributed by atoms with E-state index in [1.165, 1.54) is 12.8 Å². The monoisotopic (exact) mass is 183 g/mol. The van der Waals surface area contributed by atoms with Gasteiger partial charge in [0.15, 0.2) is 0 Å². The Morgan fingerprint density at radius 1 is 1.38 bits per heavy atom. The van der Waals surface area contributed by atoms with Crippen molar-refractivity contribution in [2.45, 2.75) is 45.1 Å². The summed E-state index contributed by atoms with van der Waals surface area (Å²) in [5.41, 5.74) is 0.304. The van der Waals surface area contributed by atoms with Crippen molar-refractivity contribution in [1.82, 2.24) is 5.32 Å². The summed E-state index contributed by atoms with van der Waals surface area (Å²) in [6, 6.07) is 0. The molecule has 1 saturated carbocycles. The number of nitrogens with one attached hydrogen (secondary N) is 1. The third-order valence-corrected chi connectivity index (χ3v) is 3.17. The first kappa shape index (κ1) is 8.85. The van der Waals surface area contributed by atoms with Gasteiger partial charge in [-0.3, -0.25) is 0 Å². The highest BCUT2D eigenvalue weighted by Gasteiger charge is 2.45. The van der Waals surface area contributed by atoms with Gasteiger partial charge in [-0.1, -0.05) is 20.3 Å². The molecule has 1 atom stereocenters. The number of rotatable bonds is 0. The lowest BCUT2D eigenvalue weighted by Crippen LogP contribution is -2.49. The lowest BCUT2D eigenvalue weighted by atomic mass is 9.68. The van der Waals surface area contributed by atoms with Gasteiger partial charge in [0.2, 0.25) is 0 Å². The van der Waals surface area contributed by atoms with E-state index in [0.29, 0.717) is 12.0 Å². The Kier molecular flexibility index (Phi) is 1.79. The van der Waals surface area contributed by atoms with Crippen LogP contribution in [0.25, 0.3) is 0 Å². The van der Waals surface area contributed by atoms with E-state index in [4.69, 9.17) is 4.74 Å². The van der Waals surface area contributed by atoms with Crippen molar-refractivity contribution in [3.05, 3.63) is 0 Å². The third-order valence-electron chi connectivity index (χ3n) is 3.17. The van der Waals surface area contributed by atoms with Gasteiger partial charge in [-0.05, 0) is 24.7 Å². The van der Waals surface area contributed by atoms with Crippen LogP contribution < -0.4 is 5.32 Å². The van der Waals surface area contributed by atoms with Crippen LogP contribution in [-0.4, -0.2) is 18.2 Å². The second-order valence-corrected chi connectivity index (χ2v) is 5.18. The summed E-state index contributed by atoms with van der Waals surface area (Å²) in [5, 5.41) is 2.96. The van der Waals surface area contributed by atoms with Crippen molar-refractivity contribution in [3.8, 4) is 0 Å². The number of ether oxygens (including phenoxy) is 1. The molecule has 0 radical (unpaired) electrons. The van der Waals surface area contributed by atoms with Crippen molar-refractivity contribution in [2.24, 2.45) is 5.41 Å². The normalized spacial score (nSPS) is 37.2. The fraction of sp³-hybridized carbons (Fsp3) is 0.900. The van der Waals surface area contributed by atoms with Gasteiger partial charge in [0.05, 0.1) is 5.54 Å². The van der Waals surface area contributed by atoms with Crippen LogP contribution in [0.3, 0.4) is 0 Å². The Balaban J connectivity index is 2.11. The molecule has 1 N–H and O–H groups in total. The molecule has 1 aliphatic carbocycles. The molecule has 1 spiro atoms. The molecule has 2 aliphatic rings. The minimum atomic E-state index is -0.238. The molecule has 3 heteroatoms. The molecule has 1 aliphatic heterocycles. The number of carbonyl (C=O) groups is 1. The molecule has 13 heavy (non-hydrogen) atoms. The highest BCUT2D eigenvalue weighted by Crippen LogP contribution is 2.42. The first-order chi connectivity index (χ1) is 6.02. The summed E-state index contributed by atoms with van der Waals surface area (Å²) in [4.78, 5) is 11.0. The van der Waals surface area contributed by atoms with Crippen molar-refractivity contribution in [2.75, 3.05) is 6.61 Å². The summed E-state index contributed by atoms with van der Waals surface area (Å²) in [6.45, 7) is 5.09. The standard InChI is InChI=1S/C10H17NO2/c1-9(2)4-3-5-10(6-9)7-13-8(12)11-10/h3-7H2,1-2H3,(H,11,12). The number of cyclic esters (lactones) is 1. The van der Waals surface area contributed by atoms with Gasteiger partial charge in [0, 0.05) is 0 Å². The summed E-state index contributed by atoms with van der Waals surface area (Å²) >= 11 is 0. The second kappa shape index (κ2) is 2.63. The molecule has 1 heterocycles. The fourth-order valence-corrected chi connectivity index (χ4v) is 2.72. The smallest absolute Gasteiger partial charge is 0.407 e. The van der Waals surface area contributed by atoms with Crippen molar-refractivity contribution in [1.29, 1.82) is 0 Å². The lowest BCUT2D eigenvalue weighted by Gasteiger charge is -2.40. The van der Waals surface area contributed by atoms with E-state index in [0.717, 1.165) is 12.8 Å². The average molecular weight is 183 g/mol. The number of amides is 1. The molecule has 3 nitrogen and oxygen atoms in total. The third kappa shape index (κ3) is 1.64. The van der Waals surface area contributed by atoms with Crippen LogP contribution in [-0.2, 0) is 4.74 Å². The maximum Gasteiger partial charge on any atom is 0.407 e. The molecular weight excluding hydrogens is 166 g/mol. The molecule has 74 valence electrons. The van der Waals surface area contributed by atoms with Gasteiger partial charge in [0.25, 0.3) is 0 Å². The number of alkyl carbamates (subject to hydrolysis) is 1. The van der Waals surface area contributed by atoms with Gasteiger partial charge < -0.3 is 10.1 Å². The highest BCUT2D eigenvalue weighted by molar-refractivity contribution is 5.70. The Morgan fingerprint density at radius 3 is 2.69 bits per heavy atom. The van der Waals surface area contributed by atoms with E-state index < -0.39 is 0 Å². The van der Waals surface area contributed by atoms with Crippen molar-refractivity contribution in [3.63, 3.8) is 0 Å². The minimum absolute atomic E-state index is 0.0428. The molecule has 1 amide bonds. The molecule has 0 aromatic heterocycles. The van der Waals surface area contributed by atoms with Gasteiger partial charge in [0.1, 0.15) is 6.61 Å². The summed E-state index contributed by atoms with van der Waals surface area (Å²) in [5.74, 6) is 0. The molecule has 0 aromatic carbocycles. The highest BCUT2D eigenvalue weighted by atomic mass is 16.6. The first-order valence-electron chi connectivity index (χ1n) is 4.96. The minimum Gasteiger partial charge on any atom is -0.447 e. The lowest BCUT2D eigenvalue weighted by molar-refractivity contribution is 0.116. The maximum atomic E-state index is 11.0. The predicted octanol–water partition coefficient (Wildman–Crippen LogP) is 2.07. The van der Waals surface area contributed by atoms with E-state index in [9.17, 15) is 4.79 Å². The Labute approximate surface area is 78.8 Å². The largest absolute Gasteiger partial charge is 0.447 e. The van der Waals surface area contributed by atoms with Crippen LogP contribution >= 0.6 is 0 Å². The van der Waals surface area contributed by atoms with Crippen LogP contribution in [0.5, 0.6) is 0 Å². The number of carbonyl (C=O) groups excluding carboxylic acids is 1. The average Bonchev–Trinajstić information content (AvgIpc) is 2.29. The van der Waals surface area contributed by atoms with Gasteiger partial charge in [-0.15, -0.1) is 0 Å². The predicted molar refractivity (Wildman–Crippen MR) is 49.5 cm³/mol. The molecule has 2 fully saturated rings. The number of hydrogen-bond donors (Lipinski definition) is 1. The first-order valence-corrected chi connectivity index (χ1v) is 4.96. The Hall–Kier alpha value is -0.730. The SMILES string of the molecule is CC1(C)CCCC2(COC(=O)N2)C1. The van der Waals surface area contributed by atoms with Crippen LogP contribution in [0.1, 0.15) is 39.5 Å². The fourth-order valence-electron chi connectivity index (χ4n) is 2.72. The van der Waals surface area contributed by atoms with Crippen LogP contribution in [0.2, 0.25) is 0 Å². The van der Waals surface area contributed by atoms with E-state index in [1.54, 1.807) is 0 Å². The second-order valence-electron chi connectivity index (χ2n) is 5.18. The zero-order valence-electron chi connectivity index (χ0n) is 8.35. The van der Waals surface area contributed by atoms with Gasteiger partial charge >= 0.3 is 6.09 Å². The molecule has 1 unspecified atom stereocenters. The van der Waals surface area contributed by atoms with Gasteiger partial charge in [-0.25, -0.2) is 4.79 Å². The molecule has 0 bridgehead atoms. The molecule has 1 saturated heterocycles. The summed E-state index contributed by atoms with van der Waals surface area (Å²) in [7, 11) is 0. The van der Waals surface area contributed by atoms with E-state index in [1.807, 2.05) is 0 Å². The van der Waals surface area contributed by atoms with E-state index >= 15 is 0 Å². The van der Waals surface area contributed by atoms with Gasteiger partial charge in [-0.2, -0.15) is 0 Å². The van der Waals surface area contributed by atoms with Crippen LogP contribution in [0, 0.1) is 5.41 Å². The summed E-state index contributed by atoms with van der Waals surface area (Å²) in [6.07, 6.45) is 4.33. The maximum absolute atomic E-state index is 11.0. The molecule has 2 rings (SSSR count). The molecule has 0 aromatic rings. The quantitative estimate of drug-likeness (QED) is 0.624. The van der Waals surface area contributed by atoms with Crippen LogP contribution in [0.4, 0.5) is 4.79 Å². The van der Waals surface area contributed by atoms with Crippen molar-refractivity contribution >= 4 is 6.09 Å². The van der Waals surface area contributed by atoms with E-state index in [2.05, 4.69) is 19.2 Å². The zero-order valence-corrected chi connectivity index (χ0v) is 8.35. The number of hydrogen-bond acceptors (Lipinski definition) is 2. The Bertz CT molecular complexity index is 237. The topological polar surface area (TPSA) is 38.3 Å². The van der Waals surface area contributed by atoms with E-state index in [-0.39, 0.29) is 11.6 Å². The van der Waals surface area contributed by atoms with Crippen molar-refractivity contribution < 1.29 is 9.53 Å². The zero-order chi connectivity index (χ0) is 9.53.